The number of nitrogens with zero attached hydrogens (tertiary/aromatic N) is 1. The zero-order valence-electron chi connectivity index (χ0n) is 6.05. The number of hydrogen-bond acceptors (Lipinski definition) is 2. The highest BCUT2D eigenvalue weighted by atomic mass is 79.9. The van der Waals surface area contributed by atoms with Gasteiger partial charge in [-0.1, -0.05) is 15.9 Å². The van der Waals surface area contributed by atoms with Gasteiger partial charge in [-0.3, -0.25) is 0 Å². The van der Waals surface area contributed by atoms with Crippen LogP contribution in [0.4, 0.5) is 4.39 Å². The highest BCUT2D eigenvalue weighted by Gasteiger charge is 1.99. The minimum Gasteiger partial charge on any atom is -0.228 e. The smallest absolute Gasteiger partial charge is 0.123 e. The van der Waals surface area contributed by atoms with E-state index in [0.29, 0.717) is 6.54 Å². The zero-order chi connectivity index (χ0) is 8.97. The Morgan fingerprint density at radius 2 is 2.33 bits per heavy atom. The molecule has 0 spiro atoms. The number of benzene rings is 1. The Labute approximate surface area is 83.4 Å². The molecule has 0 aliphatic rings. The van der Waals surface area contributed by atoms with Crippen molar-refractivity contribution in [1.82, 2.24) is 0 Å². The number of aliphatic imine (C=N–C) groups is 1. The van der Waals surface area contributed by atoms with Crippen molar-refractivity contribution in [2.24, 2.45) is 4.99 Å². The van der Waals surface area contributed by atoms with Gasteiger partial charge in [0.1, 0.15) is 5.82 Å². The third-order valence-corrected chi connectivity index (χ3v) is 2.22. The summed E-state index contributed by atoms with van der Waals surface area (Å²) in [7, 11) is 0. The Balaban J connectivity index is 2.96. The first-order valence-electron chi connectivity index (χ1n) is 3.21. The largest absolute Gasteiger partial charge is 0.228 e. The number of rotatable bonds is 2. The van der Waals surface area contributed by atoms with Crippen LogP contribution in [0.2, 0.25) is 0 Å². The van der Waals surface area contributed by atoms with Crippen LogP contribution in [-0.2, 0) is 6.54 Å². The molecule has 0 heterocycles. The van der Waals surface area contributed by atoms with Crippen LogP contribution in [0, 0.1) is 5.82 Å². The van der Waals surface area contributed by atoms with Crippen molar-refractivity contribution >= 4 is 33.3 Å². The molecule has 12 heavy (non-hydrogen) atoms. The second kappa shape index (κ2) is 4.45. The summed E-state index contributed by atoms with van der Waals surface area (Å²) in [5, 5.41) is 2.23. The van der Waals surface area contributed by atoms with Crippen LogP contribution in [-0.4, -0.2) is 5.16 Å². The Morgan fingerprint density at radius 1 is 1.58 bits per heavy atom. The van der Waals surface area contributed by atoms with E-state index in [1.54, 1.807) is 6.07 Å². The molecule has 1 rings (SSSR count). The number of thiocarbonyl (C=S) groups is 1. The summed E-state index contributed by atoms with van der Waals surface area (Å²) >= 11 is 7.67. The van der Waals surface area contributed by atoms with Gasteiger partial charge in [-0.25, -0.2) is 9.38 Å². The van der Waals surface area contributed by atoms with Crippen molar-refractivity contribution in [2.45, 2.75) is 6.54 Å². The molecule has 0 saturated heterocycles. The SMILES string of the molecule is Fc1ccc(Br)c(CN=C=S)c1. The first-order valence-corrected chi connectivity index (χ1v) is 4.41. The average molecular weight is 246 g/mol. The predicted molar refractivity (Wildman–Crippen MR) is 52.8 cm³/mol. The van der Waals surface area contributed by atoms with Gasteiger partial charge >= 0.3 is 0 Å². The molecule has 0 bridgehead atoms. The van der Waals surface area contributed by atoms with Crippen LogP contribution in [0.5, 0.6) is 0 Å². The van der Waals surface area contributed by atoms with E-state index in [1.165, 1.54) is 12.1 Å². The van der Waals surface area contributed by atoms with Crippen LogP contribution in [0.25, 0.3) is 0 Å². The molecule has 0 aromatic heterocycles. The number of isothiocyanates is 1. The molecular formula is C8H5BrFNS. The maximum atomic E-state index is 12.7. The second-order valence-corrected chi connectivity index (χ2v) is 3.18. The molecule has 0 unspecified atom stereocenters. The normalized spacial score (nSPS) is 9.17. The number of halogens is 2. The van der Waals surface area contributed by atoms with Crippen molar-refractivity contribution in [3.63, 3.8) is 0 Å². The van der Waals surface area contributed by atoms with E-state index in [0.717, 1.165) is 10.0 Å². The van der Waals surface area contributed by atoms with Crippen molar-refractivity contribution < 1.29 is 4.39 Å². The highest BCUT2D eigenvalue weighted by molar-refractivity contribution is 9.10. The molecular weight excluding hydrogens is 241 g/mol. The molecule has 0 atom stereocenters. The van der Waals surface area contributed by atoms with Crippen LogP contribution in [0.1, 0.15) is 5.56 Å². The number of hydrogen-bond donors (Lipinski definition) is 0. The predicted octanol–water partition coefficient (Wildman–Crippen LogP) is 3.19. The molecule has 0 saturated carbocycles. The molecule has 62 valence electrons. The first-order chi connectivity index (χ1) is 5.74. The summed E-state index contributed by atoms with van der Waals surface area (Å²) in [5.74, 6) is -0.271. The van der Waals surface area contributed by atoms with E-state index < -0.39 is 0 Å². The maximum Gasteiger partial charge on any atom is 0.123 e. The van der Waals surface area contributed by atoms with Crippen molar-refractivity contribution in [3.05, 3.63) is 34.1 Å². The van der Waals surface area contributed by atoms with Gasteiger partial charge < -0.3 is 0 Å². The molecule has 1 aromatic rings. The van der Waals surface area contributed by atoms with Gasteiger partial charge in [-0.2, -0.15) is 0 Å². The molecule has 0 aliphatic carbocycles. The monoisotopic (exact) mass is 245 g/mol. The summed E-state index contributed by atoms with van der Waals surface area (Å²) in [6.45, 7) is 0.363. The van der Waals surface area contributed by atoms with E-state index >= 15 is 0 Å². The Kier molecular flexibility index (Phi) is 3.53. The Hall–Kier alpha value is -0.570. The quantitative estimate of drug-likeness (QED) is 0.576. The fourth-order valence-corrected chi connectivity index (χ4v) is 1.22. The van der Waals surface area contributed by atoms with E-state index in [-0.39, 0.29) is 5.82 Å². The molecule has 1 aromatic carbocycles. The van der Waals surface area contributed by atoms with Crippen molar-refractivity contribution in [2.75, 3.05) is 0 Å². The molecule has 0 fully saturated rings. The molecule has 1 nitrogen and oxygen atoms in total. The molecule has 0 amide bonds. The molecule has 0 aliphatic heterocycles. The minimum atomic E-state index is -0.271. The second-order valence-electron chi connectivity index (χ2n) is 2.14. The molecule has 0 N–H and O–H groups in total. The Morgan fingerprint density at radius 3 is 3.00 bits per heavy atom. The lowest BCUT2D eigenvalue weighted by atomic mass is 10.2. The summed E-state index contributed by atoms with van der Waals surface area (Å²) < 4.78 is 13.5. The van der Waals surface area contributed by atoms with Gasteiger partial charge in [-0.05, 0) is 36.0 Å². The van der Waals surface area contributed by atoms with Gasteiger partial charge in [0.2, 0.25) is 0 Å². The summed E-state index contributed by atoms with van der Waals surface area (Å²) in [5.41, 5.74) is 0.771. The van der Waals surface area contributed by atoms with E-state index in [1.807, 2.05) is 0 Å². The van der Waals surface area contributed by atoms with Crippen LogP contribution in [0.3, 0.4) is 0 Å². The van der Waals surface area contributed by atoms with Crippen molar-refractivity contribution in [3.8, 4) is 0 Å². The summed E-state index contributed by atoms with van der Waals surface area (Å²) in [6, 6.07) is 4.44. The first kappa shape index (κ1) is 9.52. The third-order valence-electron chi connectivity index (χ3n) is 1.32. The lowest BCUT2D eigenvalue weighted by Crippen LogP contribution is -1.85. The van der Waals surface area contributed by atoms with Gasteiger partial charge in [-0.15, -0.1) is 0 Å². The van der Waals surface area contributed by atoms with Gasteiger partial charge in [0.05, 0.1) is 11.7 Å². The van der Waals surface area contributed by atoms with E-state index in [4.69, 9.17) is 0 Å². The molecule has 4 heteroatoms. The van der Waals surface area contributed by atoms with Crippen LogP contribution in [0.15, 0.2) is 27.7 Å². The third kappa shape index (κ3) is 2.48. The maximum absolute atomic E-state index is 12.7. The fourth-order valence-electron chi connectivity index (χ4n) is 0.782. The Bertz CT molecular complexity index is 334. The standard InChI is InChI=1S/C8H5BrFNS/c9-8-2-1-7(10)3-6(8)4-11-5-12/h1-3H,4H2. The lowest BCUT2D eigenvalue weighted by molar-refractivity contribution is 0.625. The van der Waals surface area contributed by atoms with Crippen LogP contribution >= 0.6 is 28.1 Å². The lowest BCUT2D eigenvalue weighted by Gasteiger charge is -1.98. The van der Waals surface area contributed by atoms with E-state index in [9.17, 15) is 4.39 Å². The van der Waals surface area contributed by atoms with E-state index in [2.05, 4.69) is 38.3 Å². The van der Waals surface area contributed by atoms with Gasteiger partial charge in [0.15, 0.2) is 0 Å². The van der Waals surface area contributed by atoms with Gasteiger partial charge in [0, 0.05) is 4.47 Å². The summed E-state index contributed by atoms with van der Waals surface area (Å²) in [4.78, 5) is 3.71. The zero-order valence-corrected chi connectivity index (χ0v) is 8.45. The minimum absolute atomic E-state index is 0.271. The van der Waals surface area contributed by atoms with Crippen LogP contribution < -0.4 is 0 Å². The average Bonchev–Trinajstić information content (AvgIpc) is 2.07. The van der Waals surface area contributed by atoms with Gasteiger partial charge in [0.25, 0.3) is 0 Å². The fraction of sp³-hybridized carbons (Fsp3) is 0.125. The summed E-state index contributed by atoms with van der Waals surface area (Å²) in [6.07, 6.45) is 0. The molecule has 0 radical (unpaired) electrons. The topological polar surface area (TPSA) is 12.4 Å². The highest BCUT2D eigenvalue weighted by Crippen LogP contribution is 2.18. The van der Waals surface area contributed by atoms with Crippen molar-refractivity contribution in [1.29, 1.82) is 0 Å².